The second-order valence-corrected chi connectivity index (χ2v) is 4.06. The normalized spacial score (nSPS) is 10.9. The summed E-state index contributed by atoms with van der Waals surface area (Å²) >= 11 is 0. The van der Waals surface area contributed by atoms with Gasteiger partial charge in [0.2, 0.25) is 0 Å². The Hall–Kier alpha value is -1.85. The Kier molecular flexibility index (Phi) is 4.54. The van der Waals surface area contributed by atoms with Crippen molar-refractivity contribution in [2.24, 2.45) is 0 Å². The number of aliphatic hydroxyl groups excluding tert-OH is 1. The molecule has 0 saturated carbocycles. The first-order chi connectivity index (χ1) is 9.20. The predicted octanol–water partition coefficient (Wildman–Crippen LogP) is 2.73. The number of halogens is 2. The highest BCUT2D eigenvalue weighted by atomic mass is 19.3. The molecule has 1 aromatic heterocycles. The van der Waals surface area contributed by atoms with E-state index in [1.54, 1.807) is 18.3 Å². The van der Waals surface area contributed by atoms with Crippen LogP contribution in [0.3, 0.4) is 0 Å². The molecule has 0 aliphatic heterocycles. The summed E-state index contributed by atoms with van der Waals surface area (Å²) in [5.74, 6) is 0. The quantitative estimate of drug-likeness (QED) is 0.816. The Labute approximate surface area is 109 Å². The molecule has 5 heteroatoms. The molecule has 0 atom stereocenters. The van der Waals surface area contributed by atoms with Crippen LogP contribution >= 0.6 is 0 Å². The van der Waals surface area contributed by atoms with Gasteiger partial charge in [-0.15, -0.1) is 0 Å². The van der Waals surface area contributed by atoms with Crippen LogP contribution in [-0.2, 0) is 6.54 Å². The molecule has 1 aromatic carbocycles. The fourth-order valence-corrected chi connectivity index (χ4v) is 1.74. The van der Waals surface area contributed by atoms with Crippen molar-refractivity contribution in [3.05, 3.63) is 53.7 Å². The summed E-state index contributed by atoms with van der Waals surface area (Å²) in [7, 11) is 0. The van der Waals surface area contributed by atoms with Gasteiger partial charge in [0.25, 0.3) is 6.43 Å². The van der Waals surface area contributed by atoms with Crippen LogP contribution in [0.1, 0.15) is 17.6 Å². The van der Waals surface area contributed by atoms with E-state index in [9.17, 15) is 8.78 Å². The standard InChI is InChI=1S/C14H14F2N2O/c15-14(16)12-3-1-11(2-4-12)13-7-10(5-6-18-13)8-17-9-19/h1-7,14,17,19H,8-9H2. The Bertz CT molecular complexity index is 529. The van der Waals surface area contributed by atoms with Crippen molar-refractivity contribution in [1.82, 2.24) is 10.3 Å². The molecule has 100 valence electrons. The molecule has 0 fully saturated rings. The Morgan fingerprint density at radius 2 is 1.89 bits per heavy atom. The molecule has 3 nitrogen and oxygen atoms in total. The molecule has 0 bridgehead atoms. The number of alkyl halides is 2. The van der Waals surface area contributed by atoms with Gasteiger partial charge in [0.15, 0.2) is 0 Å². The lowest BCUT2D eigenvalue weighted by atomic mass is 10.1. The minimum Gasteiger partial charge on any atom is -0.381 e. The SMILES string of the molecule is OCNCc1ccnc(-c2ccc(C(F)F)cc2)c1. The van der Waals surface area contributed by atoms with Crippen LogP contribution in [0.2, 0.25) is 0 Å². The first-order valence-corrected chi connectivity index (χ1v) is 5.85. The van der Waals surface area contributed by atoms with E-state index in [1.807, 2.05) is 12.1 Å². The van der Waals surface area contributed by atoms with Crippen molar-refractivity contribution >= 4 is 0 Å². The van der Waals surface area contributed by atoms with E-state index in [1.165, 1.54) is 12.1 Å². The summed E-state index contributed by atoms with van der Waals surface area (Å²) in [5.41, 5.74) is 2.48. The second kappa shape index (κ2) is 6.36. The number of nitrogens with one attached hydrogen (secondary N) is 1. The maximum Gasteiger partial charge on any atom is 0.263 e. The minimum absolute atomic E-state index is 0.00171. The van der Waals surface area contributed by atoms with E-state index in [4.69, 9.17) is 5.11 Å². The number of rotatable bonds is 5. The number of pyridine rings is 1. The summed E-state index contributed by atoms with van der Waals surface area (Å²) in [5, 5.41) is 11.5. The van der Waals surface area contributed by atoms with E-state index < -0.39 is 6.43 Å². The predicted molar refractivity (Wildman–Crippen MR) is 68.6 cm³/mol. The number of benzene rings is 1. The Morgan fingerprint density at radius 1 is 1.16 bits per heavy atom. The lowest BCUT2D eigenvalue weighted by Crippen LogP contribution is -2.13. The molecule has 2 rings (SSSR count). The summed E-state index contributed by atoms with van der Waals surface area (Å²) in [4.78, 5) is 4.21. The van der Waals surface area contributed by atoms with Crippen LogP contribution in [-0.4, -0.2) is 16.8 Å². The van der Waals surface area contributed by atoms with E-state index in [-0.39, 0.29) is 12.3 Å². The van der Waals surface area contributed by atoms with Crippen molar-refractivity contribution in [1.29, 1.82) is 0 Å². The molecule has 0 aliphatic carbocycles. The first kappa shape index (κ1) is 13.6. The minimum atomic E-state index is -2.46. The highest BCUT2D eigenvalue weighted by molar-refractivity contribution is 5.60. The van der Waals surface area contributed by atoms with Gasteiger partial charge in [-0.3, -0.25) is 10.3 Å². The largest absolute Gasteiger partial charge is 0.381 e. The number of hydrogen-bond donors (Lipinski definition) is 2. The van der Waals surface area contributed by atoms with E-state index in [0.717, 1.165) is 16.8 Å². The maximum atomic E-state index is 12.5. The molecule has 2 N–H and O–H groups in total. The average molecular weight is 264 g/mol. The number of hydrogen-bond acceptors (Lipinski definition) is 3. The summed E-state index contributed by atoms with van der Waals surface area (Å²) in [6.45, 7) is 0.432. The lowest BCUT2D eigenvalue weighted by molar-refractivity contribution is 0.151. The van der Waals surface area contributed by atoms with Gasteiger partial charge >= 0.3 is 0 Å². The van der Waals surface area contributed by atoms with Crippen molar-refractivity contribution in [2.45, 2.75) is 13.0 Å². The van der Waals surface area contributed by atoms with Crippen LogP contribution in [0.5, 0.6) is 0 Å². The van der Waals surface area contributed by atoms with E-state index >= 15 is 0 Å². The van der Waals surface area contributed by atoms with Crippen LogP contribution in [0.25, 0.3) is 11.3 Å². The molecule has 2 aromatic rings. The van der Waals surface area contributed by atoms with E-state index in [2.05, 4.69) is 10.3 Å². The number of aromatic nitrogens is 1. The third kappa shape index (κ3) is 3.56. The van der Waals surface area contributed by atoms with Gasteiger partial charge in [-0.2, -0.15) is 0 Å². The molecule has 0 spiro atoms. The highest BCUT2D eigenvalue weighted by Crippen LogP contribution is 2.23. The zero-order chi connectivity index (χ0) is 13.7. The van der Waals surface area contributed by atoms with Crippen molar-refractivity contribution < 1.29 is 13.9 Å². The monoisotopic (exact) mass is 264 g/mol. The van der Waals surface area contributed by atoms with Gasteiger partial charge in [-0.25, -0.2) is 8.78 Å². The fourth-order valence-electron chi connectivity index (χ4n) is 1.74. The number of aliphatic hydroxyl groups is 1. The molecule has 0 aliphatic rings. The first-order valence-electron chi connectivity index (χ1n) is 5.85. The average Bonchev–Trinajstić information content (AvgIpc) is 2.45. The lowest BCUT2D eigenvalue weighted by Gasteiger charge is -2.06. The molecular weight excluding hydrogens is 250 g/mol. The molecule has 19 heavy (non-hydrogen) atoms. The van der Waals surface area contributed by atoms with Crippen molar-refractivity contribution in [3.63, 3.8) is 0 Å². The zero-order valence-electron chi connectivity index (χ0n) is 10.2. The van der Waals surface area contributed by atoms with Crippen LogP contribution < -0.4 is 5.32 Å². The Balaban J connectivity index is 2.21. The third-order valence-corrected chi connectivity index (χ3v) is 2.72. The Morgan fingerprint density at radius 3 is 2.53 bits per heavy atom. The smallest absolute Gasteiger partial charge is 0.263 e. The van der Waals surface area contributed by atoms with Crippen molar-refractivity contribution in [2.75, 3.05) is 6.73 Å². The summed E-state index contributed by atoms with van der Waals surface area (Å²) < 4.78 is 24.9. The summed E-state index contributed by atoms with van der Waals surface area (Å²) in [6.07, 6.45) is -0.799. The molecule has 1 heterocycles. The number of nitrogens with zero attached hydrogens (tertiary/aromatic N) is 1. The van der Waals surface area contributed by atoms with Gasteiger partial charge in [0.05, 0.1) is 12.4 Å². The van der Waals surface area contributed by atoms with Gasteiger partial charge < -0.3 is 5.11 Å². The van der Waals surface area contributed by atoms with Crippen molar-refractivity contribution in [3.8, 4) is 11.3 Å². The molecule has 0 radical (unpaired) electrons. The molecule has 0 amide bonds. The van der Waals surface area contributed by atoms with Crippen LogP contribution in [0.15, 0.2) is 42.6 Å². The zero-order valence-corrected chi connectivity index (χ0v) is 10.2. The third-order valence-electron chi connectivity index (χ3n) is 2.72. The van der Waals surface area contributed by atoms with Gasteiger partial charge in [-0.1, -0.05) is 24.3 Å². The topological polar surface area (TPSA) is 45.1 Å². The van der Waals surface area contributed by atoms with E-state index in [0.29, 0.717) is 6.54 Å². The van der Waals surface area contributed by atoms with Crippen LogP contribution in [0, 0.1) is 0 Å². The fraction of sp³-hybridized carbons (Fsp3) is 0.214. The second-order valence-electron chi connectivity index (χ2n) is 4.06. The molecular formula is C14H14F2N2O. The van der Waals surface area contributed by atoms with Crippen LogP contribution in [0.4, 0.5) is 8.78 Å². The molecule has 0 saturated heterocycles. The molecule has 0 unspecified atom stereocenters. The van der Waals surface area contributed by atoms with Gasteiger partial charge in [-0.05, 0) is 17.7 Å². The van der Waals surface area contributed by atoms with Gasteiger partial charge in [0.1, 0.15) is 0 Å². The van der Waals surface area contributed by atoms with Gasteiger partial charge in [0, 0.05) is 23.9 Å². The maximum absolute atomic E-state index is 12.5. The highest BCUT2D eigenvalue weighted by Gasteiger charge is 2.07. The summed E-state index contributed by atoms with van der Waals surface area (Å²) in [6, 6.07) is 9.76.